The van der Waals surface area contributed by atoms with Gasteiger partial charge in [0.2, 0.25) is 0 Å². The smallest absolute Gasteiger partial charge is 0.290 e. The number of alkyl halides is 3. The molecule has 0 unspecified atom stereocenters. The monoisotopic (exact) mass is 489 g/mol. The zero-order valence-corrected chi connectivity index (χ0v) is 18.8. The minimum atomic E-state index is -4.29. The fourth-order valence-corrected chi connectivity index (χ4v) is 4.75. The number of nitrogens with zero attached hydrogens (tertiary/aromatic N) is 9. The molecule has 36 heavy (non-hydrogen) atoms. The third kappa shape index (κ3) is 3.83. The van der Waals surface area contributed by atoms with Crippen molar-refractivity contribution in [2.45, 2.75) is 18.1 Å². The van der Waals surface area contributed by atoms with Crippen LogP contribution < -0.4 is 0 Å². The summed E-state index contributed by atoms with van der Waals surface area (Å²) in [7, 11) is 0. The van der Waals surface area contributed by atoms with Crippen LogP contribution >= 0.6 is 0 Å². The number of pyridine rings is 3. The van der Waals surface area contributed by atoms with Crippen LogP contribution in [0.1, 0.15) is 6.42 Å². The van der Waals surface area contributed by atoms with Gasteiger partial charge in [0.1, 0.15) is 23.3 Å². The van der Waals surface area contributed by atoms with E-state index in [0.29, 0.717) is 22.7 Å². The first-order chi connectivity index (χ1) is 17.3. The molecule has 12 heteroatoms. The second-order valence-corrected chi connectivity index (χ2v) is 8.91. The summed E-state index contributed by atoms with van der Waals surface area (Å²) >= 11 is 0. The lowest BCUT2D eigenvalue weighted by Crippen LogP contribution is -2.64. The van der Waals surface area contributed by atoms with Crippen molar-refractivity contribution in [3.05, 3.63) is 61.3 Å². The van der Waals surface area contributed by atoms with Crippen LogP contribution in [0.2, 0.25) is 0 Å². The molecule has 1 saturated heterocycles. The maximum Gasteiger partial charge on any atom is 0.401 e. The maximum absolute atomic E-state index is 12.8. The first-order valence-electron chi connectivity index (χ1n) is 11.1. The Morgan fingerprint density at radius 2 is 1.97 bits per heavy atom. The van der Waals surface area contributed by atoms with E-state index in [0.717, 1.165) is 16.5 Å². The molecule has 6 heterocycles. The Bertz CT molecular complexity index is 1620. The van der Waals surface area contributed by atoms with Crippen LogP contribution in [0.3, 0.4) is 0 Å². The van der Waals surface area contributed by atoms with Crippen LogP contribution in [-0.4, -0.2) is 65.1 Å². The van der Waals surface area contributed by atoms with E-state index in [1.54, 1.807) is 33.9 Å². The third-order valence-corrected chi connectivity index (χ3v) is 6.35. The molecule has 0 aliphatic carbocycles. The molecule has 5 aromatic rings. The average molecular weight is 489 g/mol. The Labute approximate surface area is 202 Å². The van der Waals surface area contributed by atoms with E-state index >= 15 is 0 Å². The van der Waals surface area contributed by atoms with Gasteiger partial charge in [-0.2, -0.15) is 23.5 Å². The normalized spacial score (nSPS) is 15.7. The number of nitriles is 1. The minimum Gasteiger partial charge on any atom is -0.290 e. The highest BCUT2D eigenvalue weighted by molar-refractivity contribution is 5.93. The molecule has 0 bridgehead atoms. The number of aromatic nitrogens is 7. The topological polar surface area (TPSA) is 101 Å². The van der Waals surface area contributed by atoms with Crippen LogP contribution in [0.15, 0.2) is 61.3 Å². The molecule has 0 atom stereocenters. The highest BCUT2D eigenvalue weighted by atomic mass is 19.4. The van der Waals surface area contributed by atoms with Crippen molar-refractivity contribution in [3.63, 3.8) is 0 Å². The Morgan fingerprint density at radius 1 is 1.11 bits per heavy atom. The molecule has 0 amide bonds. The highest BCUT2D eigenvalue weighted by Gasteiger charge is 2.48. The molecule has 1 aliphatic rings. The van der Waals surface area contributed by atoms with E-state index in [9.17, 15) is 18.4 Å². The Kier molecular flexibility index (Phi) is 4.97. The molecule has 0 spiro atoms. The van der Waals surface area contributed by atoms with Gasteiger partial charge in [-0.25, -0.2) is 4.98 Å². The van der Waals surface area contributed by atoms with Gasteiger partial charge in [0.25, 0.3) is 0 Å². The predicted molar refractivity (Wildman–Crippen MR) is 123 cm³/mol. The Balaban J connectivity index is 1.40. The Hall–Kier alpha value is -4.37. The van der Waals surface area contributed by atoms with Crippen molar-refractivity contribution in [2.24, 2.45) is 0 Å². The van der Waals surface area contributed by atoms with Crippen LogP contribution in [0.4, 0.5) is 13.2 Å². The minimum absolute atomic E-state index is 0.0528. The van der Waals surface area contributed by atoms with Crippen molar-refractivity contribution in [1.82, 2.24) is 39.2 Å². The summed E-state index contributed by atoms with van der Waals surface area (Å²) in [6, 6.07) is 13.2. The van der Waals surface area contributed by atoms with E-state index in [1.807, 2.05) is 36.5 Å². The van der Waals surface area contributed by atoms with E-state index in [-0.39, 0.29) is 19.5 Å². The first-order valence-corrected chi connectivity index (χ1v) is 11.1. The van der Waals surface area contributed by atoms with Gasteiger partial charge < -0.3 is 0 Å². The van der Waals surface area contributed by atoms with Crippen molar-refractivity contribution < 1.29 is 13.2 Å². The lowest BCUT2D eigenvalue weighted by Gasteiger charge is -2.49. The molecule has 1 fully saturated rings. The van der Waals surface area contributed by atoms with Crippen LogP contribution in [0, 0.1) is 11.3 Å². The second kappa shape index (κ2) is 8.10. The van der Waals surface area contributed by atoms with E-state index in [2.05, 4.69) is 21.3 Å². The molecule has 0 aromatic carbocycles. The lowest BCUT2D eigenvalue weighted by atomic mass is 9.87. The summed E-state index contributed by atoms with van der Waals surface area (Å²) in [4.78, 5) is 10.7. The predicted octanol–water partition coefficient (Wildman–Crippen LogP) is 3.69. The third-order valence-electron chi connectivity index (χ3n) is 6.35. The molecule has 0 radical (unpaired) electrons. The summed E-state index contributed by atoms with van der Waals surface area (Å²) in [5.74, 6) is 0. The summed E-state index contributed by atoms with van der Waals surface area (Å²) in [5, 5.41) is 22.8. The van der Waals surface area contributed by atoms with Crippen molar-refractivity contribution >= 4 is 16.6 Å². The number of halogens is 3. The van der Waals surface area contributed by atoms with E-state index in [4.69, 9.17) is 10.1 Å². The summed E-state index contributed by atoms with van der Waals surface area (Å²) in [6.07, 6.45) is 2.65. The van der Waals surface area contributed by atoms with Crippen LogP contribution in [-0.2, 0) is 5.54 Å². The van der Waals surface area contributed by atoms with Crippen molar-refractivity contribution in [3.8, 4) is 28.7 Å². The first kappa shape index (κ1) is 22.1. The Morgan fingerprint density at radius 3 is 2.78 bits per heavy atom. The van der Waals surface area contributed by atoms with Gasteiger partial charge >= 0.3 is 6.18 Å². The molecule has 5 aromatic heterocycles. The molecule has 0 saturated carbocycles. The summed E-state index contributed by atoms with van der Waals surface area (Å²) < 4.78 is 41.9. The molecule has 0 N–H and O–H groups in total. The summed E-state index contributed by atoms with van der Waals surface area (Å²) in [6.45, 7) is -0.823. The number of likely N-dealkylation sites (tertiary alicyclic amines) is 1. The number of fused-ring (bicyclic) bond motifs is 2. The quantitative estimate of drug-likeness (QED) is 0.371. The van der Waals surface area contributed by atoms with Gasteiger partial charge in [-0.15, -0.1) is 10.2 Å². The van der Waals surface area contributed by atoms with Gasteiger partial charge in [0.15, 0.2) is 5.65 Å². The average Bonchev–Trinajstić information content (AvgIpc) is 3.50. The zero-order chi connectivity index (χ0) is 24.9. The van der Waals surface area contributed by atoms with Crippen LogP contribution in [0.5, 0.6) is 0 Å². The van der Waals surface area contributed by atoms with E-state index in [1.165, 1.54) is 4.90 Å². The fourth-order valence-electron chi connectivity index (χ4n) is 4.75. The number of hydrogen-bond acceptors (Lipinski definition) is 7. The molecule has 6 rings (SSSR count). The van der Waals surface area contributed by atoms with Crippen LogP contribution in [0.25, 0.3) is 39.2 Å². The molecule has 9 nitrogen and oxygen atoms in total. The van der Waals surface area contributed by atoms with Gasteiger partial charge in [0, 0.05) is 42.6 Å². The van der Waals surface area contributed by atoms with Gasteiger partial charge in [-0.1, -0.05) is 0 Å². The zero-order valence-electron chi connectivity index (χ0n) is 18.8. The largest absolute Gasteiger partial charge is 0.401 e. The van der Waals surface area contributed by atoms with E-state index < -0.39 is 18.3 Å². The lowest BCUT2D eigenvalue weighted by molar-refractivity contribution is -0.167. The van der Waals surface area contributed by atoms with Crippen molar-refractivity contribution in [2.75, 3.05) is 19.6 Å². The fraction of sp³-hybridized carbons (Fsp3) is 0.250. The van der Waals surface area contributed by atoms with Gasteiger partial charge in [-0.05, 0) is 36.4 Å². The summed E-state index contributed by atoms with van der Waals surface area (Å²) in [5.41, 5.74) is 3.26. The number of hydrogen-bond donors (Lipinski definition) is 0. The molecule has 180 valence electrons. The SMILES string of the molecule is N#CCC1(n2ccc(-c3nc(-c4ccc5nncn5c4)cc4ncccc34)n2)CN(CC(F)(F)F)C1. The number of rotatable bonds is 5. The van der Waals surface area contributed by atoms with Gasteiger partial charge in [-0.3, -0.25) is 19.0 Å². The molecular formula is C24H18F3N9. The molecule has 1 aliphatic heterocycles. The second-order valence-electron chi connectivity index (χ2n) is 8.91. The van der Waals surface area contributed by atoms with Gasteiger partial charge in [0.05, 0.1) is 30.2 Å². The highest BCUT2D eigenvalue weighted by Crippen LogP contribution is 2.36. The standard InChI is InChI=1S/C24H18F3N9/c25-24(26,27)14-34-12-23(13-34,6-7-28)36-9-5-18(33-36)22-17-2-1-8-29-20(17)10-19(31-22)16-3-4-21-32-30-15-35(21)11-16/h1-5,8-11,15H,6,12-14H2. The molecular weight excluding hydrogens is 471 g/mol. The maximum atomic E-state index is 12.8. The van der Waals surface area contributed by atoms with Crippen molar-refractivity contribution in [1.29, 1.82) is 5.26 Å².